The molecule has 7 heteroatoms. The number of nitrogens with one attached hydrogen (secondary N) is 2. The number of hydrogen-bond acceptors (Lipinski definition) is 4. The first-order valence-electron chi connectivity index (χ1n) is 5.66. The zero-order valence-corrected chi connectivity index (χ0v) is 11.6. The monoisotopic (exact) mass is 284 g/mol. The summed E-state index contributed by atoms with van der Waals surface area (Å²) in [5.41, 5.74) is 6.61. The van der Waals surface area contributed by atoms with Crippen LogP contribution in [-0.4, -0.2) is 43.9 Å². The maximum Gasteiger partial charge on any atom is 0.238 e. The van der Waals surface area contributed by atoms with E-state index in [1.807, 2.05) is 0 Å². The molecule has 0 aliphatic carbocycles. The smallest absolute Gasteiger partial charge is 0.238 e. The highest BCUT2D eigenvalue weighted by molar-refractivity contribution is 6.33. The van der Waals surface area contributed by atoms with Gasteiger partial charge in [0.25, 0.3) is 0 Å². The third-order valence-electron chi connectivity index (χ3n) is 2.39. The molecule has 0 aliphatic heterocycles. The van der Waals surface area contributed by atoms with Crippen LogP contribution in [0.25, 0.3) is 0 Å². The number of amides is 2. The molecule has 0 heterocycles. The topological polar surface area (TPSA) is 87.5 Å². The van der Waals surface area contributed by atoms with Crippen molar-refractivity contribution < 1.29 is 9.59 Å². The van der Waals surface area contributed by atoms with Crippen molar-refractivity contribution in [3.63, 3.8) is 0 Å². The summed E-state index contributed by atoms with van der Waals surface area (Å²) in [7, 11) is 3.23. The van der Waals surface area contributed by atoms with Crippen LogP contribution in [0, 0.1) is 0 Å². The Morgan fingerprint density at radius 3 is 2.53 bits per heavy atom. The number of hydrogen-bond donors (Lipinski definition) is 3. The van der Waals surface area contributed by atoms with E-state index in [4.69, 9.17) is 17.3 Å². The van der Waals surface area contributed by atoms with Gasteiger partial charge in [0, 0.05) is 12.7 Å². The van der Waals surface area contributed by atoms with Gasteiger partial charge in [0.05, 0.1) is 23.8 Å². The fourth-order valence-corrected chi connectivity index (χ4v) is 1.56. The summed E-state index contributed by atoms with van der Waals surface area (Å²) < 4.78 is 0. The van der Waals surface area contributed by atoms with Crippen molar-refractivity contribution in [3.05, 3.63) is 23.2 Å². The number of halogens is 1. The van der Waals surface area contributed by atoms with Crippen LogP contribution >= 0.6 is 11.6 Å². The Hall–Kier alpha value is -1.79. The molecule has 1 aromatic carbocycles. The number of nitrogen functional groups attached to an aromatic ring is 1. The Balaban J connectivity index is 2.50. The van der Waals surface area contributed by atoms with Gasteiger partial charge in [-0.25, -0.2) is 0 Å². The molecule has 4 N–H and O–H groups in total. The van der Waals surface area contributed by atoms with Gasteiger partial charge in [-0.15, -0.1) is 0 Å². The zero-order chi connectivity index (χ0) is 14.4. The third-order valence-corrected chi connectivity index (χ3v) is 2.73. The van der Waals surface area contributed by atoms with E-state index in [2.05, 4.69) is 10.6 Å². The Morgan fingerprint density at radius 2 is 1.95 bits per heavy atom. The lowest BCUT2D eigenvalue weighted by atomic mass is 10.3. The molecule has 0 saturated heterocycles. The summed E-state index contributed by atoms with van der Waals surface area (Å²) in [6, 6.07) is 4.86. The van der Waals surface area contributed by atoms with Crippen LogP contribution in [0.2, 0.25) is 5.02 Å². The van der Waals surface area contributed by atoms with E-state index in [1.165, 1.54) is 0 Å². The molecule has 1 aromatic rings. The lowest BCUT2D eigenvalue weighted by Crippen LogP contribution is -2.37. The van der Waals surface area contributed by atoms with E-state index in [9.17, 15) is 9.59 Å². The molecule has 0 spiro atoms. The van der Waals surface area contributed by atoms with Gasteiger partial charge < -0.3 is 16.4 Å². The van der Waals surface area contributed by atoms with Gasteiger partial charge >= 0.3 is 0 Å². The fraction of sp³-hybridized carbons (Fsp3) is 0.333. The van der Waals surface area contributed by atoms with Crippen LogP contribution in [0.4, 0.5) is 11.4 Å². The number of anilines is 2. The van der Waals surface area contributed by atoms with Gasteiger partial charge in [-0.05, 0) is 25.2 Å². The number of carbonyl (C=O) groups is 2. The van der Waals surface area contributed by atoms with Crippen LogP contribution < -0.4 is 16.4 Å². The Morgan fingerprint density at radius 1 is 1.32 bits per heavy atom. The minimum atomic E-state index is -0.229. The first-order valence-corrected chi connectivity index (χ1v) is 6.04. The van der Waals surface area contributed by atoms with E-state index in [0.717, 1.165) is 0 Å². The fourth-order valence-electron chi connectivity index (χ4n) is 1.45. The predicted octanol–water partition coefficient (Wildman–Crippen LogP) is 0.539. The Bertz CT molecular complexity index is 479. The van der Waals surface area contributed by atoms with Crippen molar-refractivity contribution >= 4 is 34.8 Å². The van der Waals surface area contributed by atoms with Crippen LogP contribution in [0.3, 0.4) is 0 Å². The zero-order valence-electron chi connectivity index (χ0n) is 10.9. The van der Waals surface area contributed by atoms with Crippen molar-refractivity contribution in [2.45, 2.75) is 0 Å². The van der Waals surface area contributed by atoms with Crippen molar-refractivity contribution in [1.29, 1.82) is 0 Å². The predicted molar refractivity (Wildman–Crippen MR) is 76.1 cm³/mol. The number of rotatable bonds is 5. The first-order chi connectivity index (χ1) is 8.92. The number of nitrogens with zero attached hydrogens (tertiary/aromatic N) is 1. The summed E-state index contributed by atoms with van der Waals surface area (Å²) in [5, 5.41) is 5.61. The second-order valence-electron chi connectivity index (χ2n) is 4.13. The number of benzene rings is 1. The Labute approximate surface area is 116 Å². The maximum absolute atomic E-state index is 11.7. The molecule has 0 aromatic heterocycles. The van der Waals surface area contributed by atoms with Gasteiger partial charge in [-0.1, -0.05) is 11.6 Å². The van der Waals surface area contributed by atoms with E-state index < -0.39 is 0 Å². The van der Waals surface area contributed by atoms with Gasteiger partial charge in [0.15, 0.2) is 0 Å². The highest BCUT2D eigenvalue weighted by atomic mass is 35.5. The third kappa shape index (κ3) is 5.15. The standard InChI is InChI=1S/C12H17ClN4O2/c1-15-11(18)6-17(2)7-12(19)16-8-3-4-9(13)10(14)5-8/h3-5H,6-7,14H2,1-2H3,(H,15,18)(H,16,19). The molecule has 19 heavy (non-hydrogen) atoms. The molecular weight excluding hydrogens is 268 g/mol. The average molecular weight is 285 g/mol. The molecular formula is C12H17ClN4O2. The van der Waals surface area contributed by atoms with Crippen molar-refractivity contribution in [1.82, 2.24) is 10.2 Å². The largest absolute Gasteiger partial charge is 0.397 e. The molecule has 0 saturated carbocycles. The second-order valence-corrected chi connectivity index (χ2v) is 4.54. The molecule has 0 fully saturated rings. The molecule has 1 rings (SSSR count). The molecule has 2 amide bonds. The quantitative estimate of drug-likeness (QED) is 0.689. The van der Waals surface area contributed by atoms with Crippen LogP contribution in [0.15, 0.2) is 18.2 Å². The summed E-state index contributed by atoms with van der Waals surface area (Å²) in [6.45, 7) is 0.266. The SMILES string of the molecule is CNC(=O)CN(C)CC(=O)Nc1ccc(Cl)c(N)c1. The summed E-state index contributed by atoms with van der Waals surface area (Å²) in [6.07, 6.45) is 0. The molecule has 0 radical (unpaired) electrons. The van der Waals surface area contributed by atoms with E-state index >= 15 is 0 Å². The highest BCUT2D eigenvalue weighted by Crippen LogP contribution is 2.22. The lowest BCUT2D eigenvalue weighted by molar-refractivity contribution is -0.122. The number of likely N-dealkylation sites (N-methyl/N-ethyl adjacent to an activating group) is 2. The molecule has 0 bridgehead atoms. The van der Waals surface area contributed by atoms with Gasteiger partial charge in [0.1, 0.15) is 0 Å². The average Bonchev–Trinajstić information content (AvgIpc) is 2.33. The van der Waals surface area contributed by atoms with Crippen molar-refractivity contribution in [2.75, 3.05) is 38.2 Å². The molecule has 0 atom stereocenters. The Kier molecular flexibility index (Phi) is 5.59. The first kappa shape index (κ1) is 15.3. The number of nitrogens with two attached hydrogens (primary N) is 1. The summed E-state index contributed by atoms with van der Waals surface area (Å²) in [5.74, 6) is -0.376. The van der Waals surface area contributed by atoms with Crippen LogP contribution in [-0.2, 0) is 9.59 Å². The van der Waals surface area contributed by atoms with Gasteiger partial charge in [-0.2, -0.15) is 0 Å². The number of carbonyl (C=O) groups excluding carboxylic acids is 2. The van der Waals surface area contributed by atoms with Crippen LogP contribution in [0.1, 0.15) is 0 Å². The van der Waals surface area contributed by atoms with Gasteiger partial charge in [-0.3, -0.25) is 14.5 Å². The minimum Gasteiger partial charge on any atom is -0.397 e. The summed E-state index contributed by atoms with van der Waals surface area (Å²) in [4.78, 5) is 24.5. The molecule has 0 unspecified atom stereocenters. The van der Waals surface area contributed by atoms with E-state index in [1.54, 1.807) is 37.2 Å². The van der Waals surface area contributed by atoms with E-state index in [0.29, 0.717) is 16.4 Å². The molecule has 0 aliphatic rings. The van der Waals surface area contributed by atoms with Crippen molar-refractivity contribution in [3.8, 4) is 0 Å². The second kappa shape index (κ2) is 6.96. The highest BCUT2D eigenvalue weighted by Gasteiger charge is 2.10. The normalized spacial score (nSPS) is 10.3. The lowest BCUT2D eigenvalue weighted by Gasteiger charge is -2.15. The van der Waals surface area contributed by atoms with Gasteiger partial charge in [0.2, 0.25) is 11.8 Å². The summed E-state index contributed by atoms with van der Waals surface area (Å²) >= 11 is 5.78. The maximum atomic E-state index is 11.7. The minimum absolute atomic E-state index is 0.107. The van der Waals surface area contributed by atoms with E-state index in [-0.39, 0.29) is 24.9 Å². The molecule has 6 nitrogen and oxygen atoms in total. The molecule has 104 valence electrons. The van der Waals surface area contributed by atoms with Crippen molar-refractivity contribution in [2.24, 2.45) is 0 Å². The van der Waals surface area contributed by atoms with Crippen LogP contribution in [0.5, 0.6) is 0 Å².